The molecule has 0 spiro atoms. The van der Waals surface area contributed by atoms with Crippen molar-refractivity contribution in [3.05, 3.63) is 35.9 Å². The van der Waals surface area contributed by atoms with Crippen molar-refractivity contribution >= 4 is 23.7 Å². The molecule has 0 saturated heterocycles. The van der Waals surface area contributed by atoms with E-state index in [1.807, 2.05) is 44.2 Å². The van der Waals surface area contributed by atoms with Gasteiger partial charge in [0.15, 0.2) is 0 Å². The zero-order chi connectivity index (χ0) is 21.8. The third-order valence-corrected chi connectivity index (χ3v) is 4.13. The molecule has 3 amide bonds. The van der Waals surface area contributed by atoms with Crippen molar-refractivity contribution in [3.63, 3.8) is 0 Å². The summed E-state index contributed by atoms with van der Waals surface area (Å²) in [5, 5.41) is 7.56. The summed E-state index contributed by atoms with van der Waals surface area (Å²) in [7, 11) is 0. The fraction of sp³-hybridized carbons (Fsp3) is 0.524. The quantitative estimate of drug-likeness (QED) is 0.487. The summed E-state index contributed by atoms with van der Waals surface area (Å²) >= 11 is 0. The van der Waals surface area contributed by atoms with Crippen LogP contribution in [0.2, 0.25) is 0 Å². The zero-order valence-electron chi connectivity index (χ0n) is 17.5. The monoisotopic (exact) mass is 405 g/mol. The third kappa shape index (κ3) is 8.76. The summed E-state index contributed by atoms with van der Waals surface area (Å²) < 4.78 is 5.18. The molecule has 0 aromatic heterocycles. The molecule has 0 aliphatic rings. The van der Waals surface area contributed by atoms with Crippen molar-refractivity contribution in [3.8, 4) is 0 Å². The molecule has 0 fully saturated rings. The summed E-state index contributed by atoms with van der Waals surface area (Å²) in [5.41, 5.74) is 0.825. The van der Waals surface area contributed by atoms with Crippen molar-refractivity contribution in [1.82, 2.24) is 16.0 Å². The minimum Gasteiger partial charge on any atom is -0.445 e. The minimum absolute atomic E-state index is 0.0793. The van der Waals surface area contributed by atoms with Gasteiger partial charge >= 0.3 is 6.09 Å². The molecule has 1 aromatic rings. The van der Waals surface area contributed by atoms with Crippen molar-refractivity contribution in [1.29, 1.82) is 0 Å². The second-order valence-corrected chi connectivity index (χ2v) is 7.08. The van der Waals surface area contributed by atoms with E-state index in [2.05, 4.69) is 16.0 Å². The number of carbonyl (C=O) groups excluding carboxylic acids is 4. The number of carbonyl (C=O) groups is 4. The molecule has 0 bridgehead atoms. The summed E-state index contributed by atoms with van der Waals surface area (Å²) in [6, 6.07) is 7.35. The highest BCUT2D eigenvalue weighted by Crippen LogP contribution is 2.08. The fourth-order valence-corrected chi connectivity index (χ4v) is 2.64. The van der Waals surface area contributed by atoms with Gasteiger partial charge in [0.2, 0.25) is 11.7 Å². The molecule has 0 aliphatic carbocycles. The van der Waals surface area contributed by atoms with E-state index in [0.717, 1.165) is 5.56 Å². The van der Waals surface area contributed by atoms with Crippen molar-refractivity contribution in [2.24, 2.45) is 5.92 Å². The van der Waals surface area contributed by atoms with Crippen LogP contribution in [-0.2, 0) is 25.7 Å². The van der Waals surface area contributed by atoms with E-state index in [4.69, 9.17) is 4.74 Å². The number of ketones is 1. The standard InChI is InChI=1S/C21H31N3O5/c1-5-16(18(25)20(27)22-6-2)23-19(26)17(12-14(3)4)24-21(28)29-13-15-10-8-7-9-11-15/h7-11,14,16-17H,5-6,12-13H2,1-4H3,(H,22,27)(H,23,26)(H,24,28)/t16-,17+/m0/s1. The van der Waals surface area contributed by atoms with Gasteiger partial charge in [0.05, 0.1) is 6.04 Å². The summed E-state index contributed by atoms with van der Waals surface area (Å²) in [4.78, 5) is 48.8. The van der Waals surface area contributed by atoms with Gasteiger partial charge in [-0.25, -0.2) is 4.79 Å². The number of amides is 3. The Morgan fingerprint density at radius 3 is 2.17 bits per heavy atom. The predicted molar refractivity (Wildman–Crippen MR) is 109 cm³/mol. The first-order valence-electron chi connectivity index (χ1n) is 9.88. The number of hydrogen-bond donors (Lipinski definition) is 3. The van der Waals surface area contributed by atoms with Gasteiger partial charge in [-0.05, 0) is 31.2 Å². The van der Waals surface area contributed by atoms with Crippen molar-refractivity contribution in [2.45, 2.75) is 59.2 Å². The third-order valence-electron chi connectivity index (χ3n) is 4.13. The van der Waals surface area contributed by atoms with Crippen LogP contribution in [0.1, 0.15) is 46.1 Å². The molecule has 29 heavy (non-hydrogen) atoms. The van der Waals surface area contributed by atoms with Crippen molar-refractivity contribution < 1.29 is 23.9 Å². The molecular weight excluding hydrogens is 374 g/mol. The summed E-state index contributed by atoms with van der Waals surface area (Å²) in [5.74, 6) is -1.87. The predicted octanol–water partition coefficient (Wildman–Crippen LogP) is 1.93. The molecule has 0 heterocycles. The number of nitrogens with one attached hydrogen (secondary N) is 3. The lowest BCUT2D eigenvalue weighted by Crippen LogP contribution is -2.54. The lowest BCUT2D eigenvalue weighted by atomic mass is 10.0. The van der Waals surface area contributed by atoms with Crippen LogP contribution in [0.4, 0.5) is 4.79 Å². The highest BCUT2D eigenvalue weighted by Gasteiger charge is 2.29. The summed E-state index contributed by atoms with van der Waals surface area (Å²) in [6.07, 6.45) is -0.107. The van der Waals surface area contributed by atoms with Gasteiger partial charge in [-0.1, -0.05) is 51.1 Å². The molecule has 8 nitrogen and oxygen atoms in total. The highest BCUT2D eigenvalue weighted by atomic mass is 16.5. The zero-order valence-corrected chi connectivity index (χ0v) is 17.5. The van der Waals surface area contributed by atoms with Crippen LogP contribution in [0.25, 0.3) is 0 Å². The van der Waals surface area contributed by atoms with Crippen LogP contribution < -0.4 is 16.0 Å². The highest BCUT2D eigenvalue weighted by molar-refractivity contribution is 6.38. The number of likely N-dealkylation sites (N-methyl/N-ethyl adjacent to an activating group) is 1. The van der Waals surface area contributed by atoms with E-state index in [9.17, 15) is 19.2 Å². The van der Waals surface area contributed by atoms with E-state index < -0.39 is 35.8 Å². The first-order chi connectivity index (χ1) is 13.8. The van der Waals surface area contributed by atoms with E-state index in [0.29, 0.717) is 13.0 Å². The molecule has 0 unspecified atom stereocenters. The maximum atomic E-state index is 12.7. The molecule has 160 valence electrons. The fourth-order valence-electron chi connectivity index (χ4n) is 2.64. The Balaban J connectivity index is 2.71. The van der Waals surface area contributed by atoms with Gasteiger partial charge < -0.3 is 20.7 Å². The molecule has 0 saturated carbocycles. The lowest BCUT2D eigenvalue weighted by Gasteiger charge is -2.23. The second-order valence-electron chi connectivity index (χ2n) is 7.08. The maximum Gasteiger partial charge on any atom is 0.408 e. The number of alkyl carbamates (subject to hydrolysis) is 1. The number of benzene rings is 1. The minimum atomic E-state index is -0.953. The smallest absolute Gasteiger partial charge is 0.408 e. The normalized spacial score (nSPS) is 12.6. The molecular formula is C21H31N3O5. The maximum absolute atomic E-state index is 12.7. The van der Waals surface area contributed by atoms with Gasteiger partial charge in [0.1, 0.15) is 12.6 Å². The van der Waals surface area contributed by atoms with Gasteiger partial charge in [0.25, 0.3) is 5.91 Å². The SMILES string of the molecule is CCNC(=O)C(=O)[C@H](CC)NC(=O)[C@@H](CC(C)C)NC(=O)OCc1ccccc1. The number of Topliss-reactive ketones (excluding diaryl/α,β-unsaturated/α-hetero) is 1. The Hall–Kier alpha value is -2.90. The van der Waals surface area contributed by atoms with Crippen LogP contribution >= 0.6 is 0 Å². The van der Waals surface area contributed by atoms with Gasteiger partial charge in [-0.3, -0.25) is 14.4 Å². The Bertz CT molecular complexity index is 691. The molecule has 3 N–H and O–H groups in total. The number of ether oxygens (including phenoxy) is 1. The second kappa shape index (κ2) is 12.5. The van der Waals surface area contributed by atoms with Crippen LogP contribution in [0, 0.1) is 5.92 Å². The van der Waals surface area contributed by atoms with Gasteiger partial charge in [-0.15, -0.1) is 0 Å². The topological polar surface area (TPSA) is 114 Å². The van der Waals surface area contributed by atoms with Gasteiger partial charge in [0, 0.05) is 6.54 Å². The first kappa shape index (κ1) is 24.1. The van der Waals surface area contributed by atoms with Gasteiger partial charge in [-0.2, -0.15) is 0 Å². The molecule has 2 atom stereocenters. The average molecular weight is 405 g/mol. The van der Waals surface area contributed by atoms with E-state index >= 15 is 0 Å². The van der Waals surface area contributed by atoms with Crippen LogP contribution in [0.5, 0.6) is 0 Å². The Labute approximate surface area is 171 Å². The van der Waals surface area contributed by atoms with Crippen LogP contribution in [-0.4, -0.2) is 42.3 Å². The Kier molecular flexibility index (Phi) is 10.4. The number of hydrogen-bond acceptors (Lipinski definition) is 5. The average Bonchev–Trinajstić information content (AvgIpc) is 2.69. The van der Waals surface area contributed by atoms with Crippen LogP contribution in [0.15, 0.2) is 30.3 Å². The molecule has 8 heteroatoms. The Morgan fingerprint density at radius 2 is 1.62 bits per heavy atom. The Morgan fingerprint density at radius 1 is 0.966 bits per heavy atom. The number of rotatable bonds is 11. The van der Waals surface area contributed by atoms with E-state index in [1.54, 1.807) is 13.8 Å². The largest absolute Gasteiger partial charge is 0.445 e. The lowest BCUT2D eigenvalue weighted by molar-refractivity contribution is -0.140. The van der Waals surface area contributed by atoms with E-state index in [1.165, 1.54) is 0 Å². The first-order valence-corrected chi connectivity index (χ1v) is 9.88. The van der Waals surface area contributed by atoms with E-state index in [-0.39, 0.29) is 18.9 Å². The molecule has 1 aromatic carbocycles. The molecule has 1 rings (SSSR count). The van der Waals surface area contributed by atoms with Crippen molar-refractivity contribution in [2.75, 3.05) is 6.54 Å². The summed E-state index contributed by atoms with van der Waals surface area (Å²) in [6.45, 7) is 7.62. The molecule has 0 aliphatic heterocycles. The van der Waals surface area contributed by atoms with Crippen LogP contribution in [0.3, 0.4) is 0 Å². The molecule has 0 radical (unpaired) electrons.